The van der Waals surface area contributed by atoms with E-state index in [9.17, 15) is 0 Å². The summed E-state index contributed by atoms with van der Waals surface area (Å²) >= 11 is 0. The van der Waals surface area contributed by atoms with Gasteiger partial charge in [0.15, 0.2) is 11.6 Å². The Hall–Kier alpha value is -3.59. The Balaban J connectivity index is 1.89. The van der Waals surface area contributed by atoms with Crippen molar-refractivity contribution in [3.05, 3.63) is 90.1 Å². The number of hydrogen-bond donors (Lipinski definition) is 0. The first-order valence-corrected chi connectivity index (χ1v) is 9.85. The molecule has 0 saturated heterocycles. The van der Waals surface area contributed by atoms with Crippen LogP contribution in [0.1, 0.15) is 39.4 Å². The Kier molecular flexibility index (Phi) is 3.15. The molecule has 146 valence electrons. The topological polar surface area (TPSA) is 38.7 Å². The summed E-state index contributed by atoms with van der Waals surface area (Å²) < 4.78 is 50.7. The lowest BCUT2D eigenvalue weighted by molar-refractivity contribution is 0.766. The van der Waals surface area contributed by atoms with Gasteiger partial charge in [-0.1, -0.05) is 80.5 Å². The summed E-state index contributed by atoms with van der Waals surface area (Å²) in [5, 5.41) is 2.24. The van der Waals surface area contributed by atoms with Gasteiger partial charge in [0.1, 0.15) is 5.82 Å². The molecule has 5 aromatic rings. The third-order valence-electron chi connectivity index (χ3n) is 4.96. The van der Waals surface area contributed by atoms with E-state index in [0.717, 1.165) is 16.3 Å². The molecule has 3 nitrogen and oxygen atoms in total. The van der Waals surface area contributed by atoms with Gasteiger partial charge in [0.05, 0.1) is 8.22 Å². The summed E-state index contributed by atoms with van der Waals surface area (Å²) in [6, 6.07) is 12.3. The Morgan fingerprint density at radius 2 is 1.57 bits per heavy atom. The summed E-state index contributed by atoms with van der Waals surface area (Å²) in [7, 11) is 0. The highest BCUT2D eigenvalue weighted by Gasteiger charge is 2.15. The standard InChI is InChI=1S/C27H23N3/c1-17(2)25-28-26(22-13-12-19-8-4-5-9-20(19)16-22)30-27(29-25)24-15-18(3)14-21-10-6-7-11-23(21)24/h4-17H,1-3H3/i6D,7D,10D,11D,14D,15D. The number of fused-ring (bicyclic) bond motifs is 2. The van der Waals surface area contributed by atoms with E-state index < -0.39 is 12.1 Å². The van der Waals surface area contributed by atoms with Crippen LogP contribution in [-0.2, 0) is 0 Å². The largest absolute Gasteiger partial charge is 0.213 e. The molecule has 0 spiro atoms. The maximum Gasteiger partial charge on any atom is 0.164 e. The lowest BCUT2D eigenvalue weighted by Gasteiger charge is -2.12. The molecule has 1 heterocycles. The van der Waals surface area contributed by atoms with Gasteiger partial charge in [0.2, 0.25) is 0 Å². The van der Waals surface area contributed by atoms with Crippen molar-refractivity contribution in [3.8, 4) is 22.8 Å². The van der Waals surface area contributed by atoms with Crippen molar-refractivity contribution < 1.29 is 8.22 Å². The molecule has 0 unspecified atom stereocenters. The Morgan fingerprint density at radius 3 is 2.40 bits per heavy atom. The average Bonchev–Trinajstić information content (AvgIpc) is 2.88. The number of benzene rings is 4. The van der Waals surface area contributed by atoms with Crippen molar-refractivity contribution in [2.24, 2.45) is 0 Å². The second-order valence-corrected chi connectivity index (χ2v) is 7.56. The van der Waals surface area contributed by atoms with Crippen LogP contribution in [0, 0.1) is 6.92 Å². The second-order valence-electron chi connectivity index (χ2n) is 7.56. The molecular formula is C27H23N3. The molecule has 5 rings (SSSR count). The molecule has 0 aliphatic rings. The van der Waals surface area contributed by atoms with Gasteiger partial charge in [-0.2, -0.15) is 0 Å². The molecule has 4 aromatic carbocycles. The van der Waals surface area contributed by atoms with Crippen LogP contribution in [0.4, 0.5) is 0 Å². The van der Waals surface area contributed by atoms with E-state index in [0.29, 0.717) is 17.2 Å². The van der Waals surface area contributed by atoms with Gasteiger partial charge in [-0.15, -0.1) is 0 Å². The molecule has 0 atom stereocenters. The van der Waals surface area contributed by atoms with Gasteiger partial charge in [-0.3, -0.25) is 0 Å². The van der Waals surface area contributed by atoms with E-state index in [1.807, 2.05) is 56.3 Å². The number of rotatable bonds is 3. The van der Waals surface area contributed by atoms with E-state index in [4.69, 9.17) is 13.2 Å². The number of hydrogen-bond acceptors (Lipinski definition) is 3. The maximum absolute atomic E-state index is 8.83. The van der Waals surface area contributed by atoms with Crippen molar-refractivity contribution in [3.63, 3.8) is 0 Å². The quantitative estimate of drug-likeness (QED) is 0.332. The molecule has 0 amide bonds. The third-order valence-corrected chi connectivity index (χ3v) is 4.96. The molecule has 0 N–H and O–H groups in total. The second kappa shape index (κ2) is 7.34. The van der Waals surface area contributed by atoms with Gasteiger partial charge < -0.3 is 0 Å². The normalized spacial score (nSPS) is 14.3. The first-order chi connectivity index (χ1) is 17.1. The average molecular weight is 396 g/mol. The molecule has 1 aromatic heterocycles. The molecular weight excluding hydrogens is 366 g/mol. The first-order valence-electron chi connectivity index (χ1n) is 12.9. The van der Waals surface area contributed by atoms with Crippen molar-refractivity contribution in [2.75, 3.05) is 0 Å². The summed E-state index contributed by atoms with van der Waals surface area (Å²) in [6.07, 6.45) is 0. The molecule has 0 radical (unpaired) electrons. The highest BCUT2D eigenvalue weighted by atomic mass is 15.0. The summed E-state index contributed by atoms with van der Waals surface area (Å²) in [5.74, 6) is 1.01. The van der Waals surface area contributed by atoms with Gasteiger partial charge in [-0.05, 0) is 46.1 Å². The molecule has 0 fully saturated rings. The zero-order valence-electron chi connectivity index (χ0n) is 23.0. The van der Waals surface area contributed by atoms with Crippen LogP contribution in [0.25, 0.3) is 44.3 Å². The minimum Gasteiger partial charge on any atom is -0.213 e. The predicted molar refractivity (Wildman–Crippen MR) is 125 cm³/mol. The van der Waals surface area contributed by atoms with Gasteiger partial charge in [0, 0.05) is 17.0 Å². The van der Waals surface area contributed by atoms with E-state index in [1.165, 1.54) is 0 Å². The van der Waals surface area contributed by atoms with E-state index in [-0.39, 0.29) is 52.2 Å². The lowest BCUT2D eigenvalue weighted by atomic mass is 10.0. The molecule has 0 aliphatic carbocycles. The zero-order valence-corrected chi connectivity index (χ0v) is 17.0. The Bertz CT molecular complexity index is 1690. The van der Waals surface area contributed by atoms with E-state index >= 15 is 0 Å². The zero-order chi connectivity index (χ0) is 25.9. The Morgan fingerprint density at radius 1 is 0.800 bits per heavy atom. The fourth-order valence-corrected chi connectivity index (χ4v) is 3.45. The van der Waals surface area contributed by atoms with E-state index in [1.54, 1.807) is 6.92 Å². The minimum atomic E-state index is -0.427. The van der Waals surface area contributed by atoms with Crippen molar-refractivity contribution in [1.29, 1.82) is 0 Å². The summed E-state index contributed by atoms with van der Waals surface area (Å²) in [4.78, 5) is 14.0. The molecule has 3 heteroatoms. The molecule has 0 saturated carbocycles. The van der Waals surface area contributed by atoms with Crippen LogP contribution in [0.2, 0.25) is 0 Å². The SMILES string of the molecule is [2H]c1c([2H])c([2H])c2c(-c3nc(-c4ccc5ccccc5c4)nc(C(C)C)n3)c([2H])c(C)c([2H])c2c1[2H]. The van der Waals surface area contributed by atoms with Crippen LogP contribution in [-0.4, -0.2) is 15.0 Å². The number of aromatic nitrogens is 3. The first kappa shape index (κ1) is 12.9. The van der Waals surface area contributed by atoms with Crippen LogP contribution < -0.4 is 0 Å². The maximum atomic E-state index is 8.83. The summed E-state index contributed by atoms with van der Waals surface area (Å²) in [6.45, 7) is 5.50. The van der Waals surface area contributed by atoms with Gasteiger partial charge >= 0.3 is 0 Å². The van der Waals surface area contributed by atoms with Crippen molar-refractivity contribution in [2.45, 2.75) is 26.7 Å². The smallest absolute Gasteiger partial charge is 0.164 e. The van der Waals surface area contributed by atoms with E-state index in [2.05, 4.69) is 9.97 Å². The summed E-state index contributed by atoms with van der Waals surface area (Å²) in [5.41, 5.74) is 1.24. The van der Waals surface area contributed by atoms with Crippen LogP contribution >= 0.6 is 0 Å². The highest BCUT2D eigenvalue weighted by Crippen LogP contribution is 2.30. The van der Waals surface area contributed by atoms with Crippen LogP contribution in [0.5, 0.6) is 0 Å². The van der Waals surface area contributed by atoms with Gasteiger partial charge in [-0.25, -0.2) is 15.0 Å². The number of nitrogens with zero attached hydrogens (tertiary/aromatic N) is 3. The minimum absolute atomic E-state index is 0.0390. The third kappa shape index (κ3) is 3.33. The molecule has 30 heavy (non-hydrogen) atoms. The molecule has 0 bridgehead atoms. The fourth-order valence-electron chi connectivity index (χ4n) is 3.45. The predicted octanol–water partition coefficient (Wildman–Crippen LogP) is 6.94. The van der Waals surface area contributed by atoms with Crippen molar-refractivity contribution >= 4 is 21.5 Å². The highest BCUT2D eigenvalue weighted by molar-refractivity contribution is 5.96. The fraction of sp³-hybridized carbons (Fsp3) is 0.148. The van der Waals surface area contributed by atoms with Crippen molar-refractivity contribution in [1.82, 2.24) is 15.0 Å². The van der Waals surface area contributed by atoms with Crippen LogP contribution in [0.3, 0.4) is 0 Å². The lowest BCUT2D eigenvalue weighted by Crippen LogP contribution is -2.05. The monoisotopic (exact) mass is 395 g/mol. The molecule has 0 aliphatic heterocycles. The van der Waals surface area contributed by atoms with Crippen LogP contribution in [0.15, 0.2) is 78.7 Å². The van der Waals surface area contributed by atoms with Gasteiger partial charge in [0.25, 0.3) is 0 Å². The Labute approximate surface area is 184 Å².